The van der Waals surface area contributed by atoms with Gasteiger partial charge in [-0.15, -0.1) is 0 Å². The Morgan fingerprint density at radius 3 is 2.49 bits per heavy atom. The predicted octanol–water partition coefficient (Wildman–Crippen LogP) is 6.38. The van der Waals surface area contributed by atoms with E-state index in [0.29, 0.717) is 32.8 Å². The molecule has 1 aliphatic rings. The zero-order valence-corrected chi connectivity index (χ0v) is 22.9. The summed E-state index contributed by atoms with van der Waals surface area (Å²) >= 11 is 14.0. The highest BCUT2D eigenvalue weighted by molar-refractivity contribution is 14.1. The number of carbonyl (C=O) groups excluding carboxylic acids is 3. The van der Waals surface area contributed by atoms with E-state index in [0.717, 1.165) is 4.90 Å². The SMILES string of the molecule is CCOc1cc(/C=C2\C(=O)NC(=O)N(c3ccc(Cl)c(Cl)c3)C2=O)cc(I)c1OCc1ccccc1F. The summed E-state index contributed by atoms with van der Waals surface area (Å²) in [5.41, 5.74) is 0.706. The lowest BCUT2D eigenvalue weighted by atomic mass is 10.1. The van der Waals surface area contributed by atoms with Crippen molar-refractivity contribution in [1.82, 2.24) is 5.32 Å². The minimum Gasteiger partial charge on any atom is -0.490 e. The van der Waals surface area contributed by atoms with Gasteiger partial charge in [-0.05, 0) is 77.6 Å². The van der Waals surface area contributed by atoms with Crippen LogP contribution in [-0.4, -0.2) is 24.5 Å². The van der Waals surface area contributed by atoms with Gasteiger partial charge in [0.2, 0.25) is 0 Å². The summed E-state index contributed by atoms with van der Waals surface area (Å²) in [7, 11) is 0. The molecule has 0 bridgehead atoms. The van der Waals surface area contributed by atoms with Gasteiger partial charge in [0.15, 0.2) is 11.5 Å². The maximum Gasteiger partial charge on any atom is 0.335 e. The van der Waals surface area contributed by atoms with Gasteiger partial charge in [-0.1, -0.05) is 41.4 Å². The van der Waals surface area contributed by atoms with Gasteiger partial charge in [-0.25, -0.2) is 14.1 Å². The van der Waals surface area contributed by atoms with E-state index in [4.69, 9.17) is 32.7 Å². The number of barbiturate groups is 1. The van der Waals surface area contributed by atoms with Crippen molar-refractivity contribution in [2.75, 3.05) is 11.5 Å². The molecule has 7 nitrogen and oxygen atoms in total. The van der Waals surface area contributed by atoms with Crippen LogP contribution in [0.5, 0.6) is 11.5 Å². The largest absolute Gasteiger partial charge is 0.490 e. The molecule has 0 radical (unpaired) electrons. The zero-order chi connectivity index (χ0) is 26.7. The molecule has 3 aromatic carbocycles. The molecule has 1 fully saturated rings. The maximum atomic E-state index is 14.0. The van der Waals surface area contributed by atoms with E-state index in [2.05, 4.69) is 5.32 Å². The van der Waals surface area contributed by atoms with Crippen molar-refractivity contribution in [2.24, 2.45) is 0 Å². The van der Waals surface area contributed by atoms with E-state index in [1.165, 1.54) is 30.3 Å². The predicted molar refractivity (Wildman–Crippen MR) is 147 cm³/mol. The number of ether oxygens (including phenoxy) is 2. The Bertz CT molecular complexity index is 1450. The summed E-state index contributed by atoms with van der Waals surface area (Å²) in [6.45, 7) is 2.08. The number of hydrogen-bond acceptors (Lipinski definition) is 5. The molecule has 1 N–H and O–H groups in total. The Morgan fingerprint density at radius 2 is 1.78 bits per heavy atom. The van der Waals surface area contributed by atoms with Crippen LogP contribution in [0.1, 0.15) is 18.1 Å². The summed E-state index contributed by atoms with van der Waals surface area (Å²) in [6.07, 6.45) is 1.35. The van der Waals surface area contributed by atoms with Crippen molar-refractivity contribution in [2.45, 2.75) is 13.5 Å². The fraction of sp³-hybridized carbons (Fsp3) is 0.115. The van der Waals surface area contributed by atoms with Gasteiger partial charge >= 0.3 is 6.03 Å². The smallest absolute Gasteiger partial charge is 0.335 e. The number of rotatable bonds is 7. The van der Waals surface area contributed by atoms with Gasteiger partial charge in [0, 0.05) is 5.56 Å². The number of nitrogens with zero attached hydrogens (tertiary/aromatic N) is 1. The minimum absolute atomic E-state index is 0.0230. The lowest BCUT2D eigenvalue weighted by Gasteiger charge is -2.26. The standard InChI is InChI=1S/C26H18Cl2FIN2O5/c1-2-36-22-11-14(10-21(30)23(22)37-13-15-5-3-4-6-20(15)29)9-17-24(33)31-26(35)32(25(17)34)16-7-8-18(27)19(28)12-16/h3-12H,2,13H2,1H3,(H,31,33,35)/b17-9+. The van der Waals surface area contributed by atoms with Crippen LogP contribution >= 0.6 is 45.8 Å². The van der Waals surface area contributed by atoms with Crippen LogP contribution in [-0.2, 0) is 16.2 Å². The van der Waals surface area contributed by atoms with Crippen LogP contribution < -0.4 is 19.7 Å². The second-order valence-electron chi connectivity index (χ2n) is 7.70. The van der Waals surface area contributed by atoms with Gasteiger partial charge in [0.1, 0.15) is 18.0 Å². The van der Waals surface area contributed by atoms with Gasteiger partial charge in [0.05, 0.1) is 25.9 Å². The molecule has 190 valence electrons. The van der Waals surface area contributed by atoms with Crippen LogP contribution in [0.2, 0.25) is 10.0 Å². The number of nitrogens with one attached hydrogen (secondary N) is 1. The van der Waals surface area contributed by atoms with Crippen molar-refractivity contribution in [3.63, 3.8) is 0 Å². The number of urea groups is 1. The number of amides is 4. The van der Waals surface area contributed by atoms with E-state index in [9.17, 15) is 18.8 Å². The lowest BCUT2D eigenvalue weighted by Crippen LogP contribution is -2.54. The van der Waals surface area contributed by atoms with Crippen molar-refractivity contribution < 1.29 is 28.2 Å². The third-order valence-electron chi connectivity index (χ3n) is 5.24. The van der Waals surface area contributed by atoms with Crippen LogP contribution in [0.25, 0.3) is 6.08 Å². The zero-order valence-electron chi connectivity index (χ0n) is 19.2. The highest BCUT2D eigenvalue weighted by atomic mass is 127. The molecular formula is C26H18Cl2FIN2O5. The first-order valence-electron chi connectivity index (χ1n) is 10.9. The summed E-state index contributed by atoms with van der Waals surface area (Å²) in [4.78, 5) is 39.1. The number of anilines is 1. The second-order valence-corrected chi connectivity index (χ2v) is 9.68. The van der Waals surface area contributed by atoms with E-state index >= 15 is 0 Å². The van der Waals surface area contributed by atoms with Gasteiger partial charge in [0.25, 0.3) is 11.8 Å². The molecule has 4 rings (SSSR count). The average molecular weight is 655 g/mol. The first kappa shape index (κ1) is 26.9. The van der Waals surface area contributed by atoms with Crippen LogP contribution in [0.4, 0.5) is 14.9 Å². The third-order valence-corrected chi connectivity index (χ3v) is 6.78. The molecule has 0 atom stereocenters. The summed E-state index contributed by atoms with van der Waals surface area (Å²) < 4.78 is 26.2. The number of benzene rings is 3. The summed E-state index contributed by atoms with van der Waals surface area (Å²) in [5.74, 6) is -1.34. The van der Waals surface area contributed by atoms with E-state index in [1.807, 2.05) is 22.6 Å². The Morgan fingerprint density at radius 1 is 1.03 bits per heavy atom. The molecule has 1 saturated heterocycles. The van der Waals surface area contributed by atoms with Gasteiger partial charge < -0.3 is 9.47 Å². The molecular weight excluding hydrogens is 637 g/mol. The minimum atomic E-state index is -0.910. The highest BCUT2D eigenvalue weighted by Gasteiger charge is 2.37. The molecule has 11 heteroatoms. The van der Waals surface area contributed by atoms with E-state index in [1.54, 1.807) is 37.3 Å². The molecule has 0 aliphatic carbocycles. The first-order valence-corrected chi connectivity index (χ1v) is 12.7. The second kappa shape index (κ2) is 11.5. The fourth-order valence-electron chi connectivity index (χ4n) is 3.52. The Kier molecular flexibility index (Phi) is 8.35. The normalized spacial score (nSPS) is 14.7. The van der Waals surface area contributed by atoms with Crippen molar-refractivity contribution in [1.29, 1.82) is 0 Å². The third kappa shape index (κ3) is 5.89. The average Bonchev–Trinajstić information content (AvgIpc) is 2.84. The maximum absolute atomic E-state index is 14.0. The van der Waals surface area contributed by atoms with Crippen molar-refractivity contribution in [3.8, 4) is 11.5 Å². The Labute approximate surface area is 235 Å². The first-order chi connectivity index (χ1) is 17.7. The summed E-state index contributed by atoms with van der Waals surface area (Å²) in [6, 6.07) is 12.9. The lowest BCUT2D eigenvalue weighted by molar-refractivity contribution is -0.122. The van der Waals surface area contributed by atoms with Crippen molar-refractivity contribution in [3.05, 3.63) is 90.7 Å². The Hall–Kier alpha value is -3.15. The number of hydrogen-bond donors (Lipinski definition) is 1. The molecule has 3 aromatic rings. The van der Waals surface area contributed by atoms with Gasteiger partial charge in [-0.2, -0.15) is 0 Å². The van der Waals surface area contributed by atoms with Crippen LogP contribution in [0, 0.1) is 9.39 Å². The molecule has 4 amide bonds. The van der Waals surface area contributed by atoms with Crippen LogP contribution in [0.3, 0.4) is 0 Å². The summed E-state index contributed by atoms with van der Waals surface area (Å²) in [5, 5.41) is 2.55. The van der Waals surface area contributed by atoms with E-state index < -0.39 is 17.8 Å². The molecule has 1 heterocycles. The van der Waals surface area contributed by atoms with Gasteiger partial charge in [-0.3, -0.25) is 14.9 Å². The number of imide groups is 2. The molecule has 0 aromatic heterocycles. The molecule has 0 saturated carbocycles. The topological polar surface area (TPSA) is 84.9 Å². The molecule has 37 heavy (non-hydrogen) atoms. The fourth-order valence-corrected chi connectivity index (χ4v) is 4.60. The molecule has 0 spiro atoms. The number of carbonyl (C=O) groups is 3. The number of halogens is 4. The highest BCUT2D eigenvalue weighted by Crippen LogP contribution is 2.36. The molecule has 0 unspecified atom stereocenters. The monoisotopic (exact) mass is 654 g/mol. The quantitative estimate of drug-likeness (QED) is 0.182. The van der Waals surface area contributed by atoms with Crippen LogP contribution in [0.15, 0.2) is 60.2 Å². The molecule has 1 aliphatic heterocycles. The van der Waals surface area contributed by atoms with E-state index in [-0.39, 0.29) is 33.7 Å². The van der Waals surface area contributed by atoms with Crippen molar-refractivity contribution >= 4 is 75.4 Å². The Balaban J connectivity index is 1.67.